The Morgan fingerprint density at radius 3 is 2.54 bits per heavy atom. The molecule has 0 bridgehead atoms. The van der Waals surface area contributed by atoms with E-state index in [1.54, 1.807) is 19.1 Å². The molecule has 0 unspecified atom stereocenters. The van der Waals surface area contributed by atoms with E-state index in [2.05, 4.69) is 11.1 Å². The number of carbonyl (C=O) groups excluding carboxylic acids is 1. The number of para-hydroxylation sites is 1. The summed E-state index contributed by atoms with van der Waals surface area (Å²) in [6.07, 6.45) is 1.57. The van der Waals surface area contributed by atoms with Gasteiger partial charge < -0.3 is 9.47 Å². The summed E-state index contributed by atoms with van der Waals surface area (Å²) in [6.45, 7) is 1.89. The number of aromatic nitrogens is 4. The average Bonchev–Trinajstić information content (AvgIpc) is 3.16. The number of fused-ring (bicyclic) bond motifs is 1. The summed E-state index contributed by atoms with van der Waals surface area (Å²) in [5, 5.41) is 8.95. The van der Waals surface area contributed by atoms with E-state index in [4.69, 9.17) is 5.26 Å². The fourth-order valence-corrected chi connectivity index (χ4v) is 3.14. The van der Waals surface area contributed by atoms with Crippen molar-refractivity contribution in [3.8, 4) is 6.07 Å². The number of aryl methyl sites for hydroxylation is 1. The van der Waals surface area contributed by atoms with Crippen LogP contribution in [0.1, 0.15) is 19.4 Å². The van der Waals surface area contributed by atoms with Crippen LogP contribution in [0.2, 0.25) is 0 Å². The highest BCUT2D eigenvalue weighted by Crippen LogP contribution is 2.21. The first kappa shape index (κ1) is 19.1. The molecule has 2 aromatic heterocycles. The number of anilines is 1. The molecule has 0 fully saturated rings. The molecule has 1 atom stereocenters. The van der Waals surface area contributed by atoms with Gasteiger partial charge in [0.2, 0.25) is 5.91 Å². The van der Waals surface area contributed by atoms with Crippen molar-refractivity contribution in [1.29, 1.82) is 5.26 Å². The van der Waals surface area contributed by atoms with Crippen molar-refractivity contribution in [1.82, 2.24) is 18.7 Å². The predicted molar refractivity (Wildman–Crippen MR) is 104 cm³/mol. The highest BCUT2D eigenvalue weighted by Gasteiger charge is 2.26. The zero-order chi connectivity index (χ0) is 20.4. The topological polar surface area (TPSA) is 106 Å². The molecule has 9 nitrogen and oxygen atoms in total. The molecule has 2 heterocycles. The third kappa shape index (κ3) is 3.09. The summed E-state index contributed by atoms with van der Waals surface area (Å²) in [4.78, 5) is 43.7. The monoisotopic (exact) mass is 380 g/mol. The lowest BCUT2D eigenvalue weighted by Crippen LogP contribution is -2.40. The first-order chi connectivity index (χ1) is 13.4. The second kappa shape index (κ2) is 7.52. The lowest BCUT2D eigenvalue weighted by molar-refractivity contribution is -0.121. The second-order valence-electron chi connectivity index (χ2n) is 6.44. The Morgan fingerprint density at radius 2 is 1.89 bits per heavy atom. The first-order valence-corrected chi connectivity index (χ1v) is 8.74. The molecular formula is C19H20N6O3. The van der Waals surface area contributed by atoms with Crippen molar-refractivity contribution < 1.29 is 4.79 Å². The zero-order valence-corrected chi connectivity index (χ0v) is 15.9. The van der Waals surface area contributed by atoms with Gasteiger partial charge in [-0.3, -0.25) is 18.7 Å². The van der Waals surface area contributed by atoms with Gasteiger partial charge in [-0.2, -0.15) is 5.26 Å². The van der Waals surface area contributed by atoms with Crippen LogP contribution in [0.25, 0.3) is 11.2 Å². The van der Waals surface area contributed by atoms with Crippen molar-refractivity contribution in [2.24, 2.45) is 14.1 Å². The van der Waals surface area contributed by atoms with Crippen LogP contribution in [0.3, 0.4) is 0 Å². The Hall–Kier alpha value is -3.67. The Morgan fingerprint density at radius 1 is 1.21 bits per heavy atom. The molecular weight excluding hydrogens is 360 g/mol. The third-order valence-corrected chi connectivity index (χ3v) is 4.73. The molecule has 0 radical (unpaired) electrons. The van der Waals surface area contributed by atoms with Gasteiger partial charge in [0.1, 0.15) is 6.04 Å². The lowest BCUT2D eigenvalue weighted by atomic mass is 10.2. The summed E-state index contributed by atoms with van der Waals surface area (Å²) in [5.74, 6) is -0.281. The van der Waals surface area contributed by atoms with Crippen LogP contribution in [0, 0.1) is 11.3 Å². The van der Waals surface area contributed by atoms with E-state index in [-0.39, 0.29) is 30.0 Å². The Labute approximate surface area is 160 Å². The van der Waals surface area contributed by atoms with E-state index < -0.39 is 17.3 Å². The first-order valence-electron chi connectivity index (χ1n) is 8.74. The summed E-state index contributed by atoms with van der Waals surface area (Å²) in [7, 11) is 2.91. The van der Waals surface area contributed by atoms with Crippen LogP contribution in [0.5, 0.6) is 0 Å². The molecule has 0 N–H and O–H groups in total. The van der Waals surface area contributed by atoms with E-state index >= 15 is 0 Å². The quantitative estimate of drug-likeness (QED) is 0.655. The van der Waals surface area contributed by atoms with Gasteiger partial charge in [0, 0.05) is 26.3 Å². The van der Waals surface area contributed by atoms with Gasteiger partial charge in [0.25, 0.3) is 5.56 Å². The molecule has 9 heteroatoms. The number of nitrogens with zero attached hydrogens (tertiary/aromatic N) is 6. The SMILES string of the molecule is C[C@@H](C(=O)N(CCC#N)c1ccccc1)n1cnc2c1c(=O)n(C)c(=O)n2C. The van der Waals surface area contributed by atoms with Gasteiger partial charge in [-0.25, -0.2) is 9.78 Å². The zero-order valence-electron chi connectivity index (χ0n) is 15.9. The largest absolute Gasteiger partial charge is 0.332 e. The van der Waals surface area contributed by atoms with Gasteiger partial charge in [0.15, 0.2) is 11.2 Å². The summed E-state index contributed by atoms with van der Waals surface area (Å²) >= 11 is 0. The van der Waals surface area contributed by atoms with E-state index in [1.807, 2.05) is 18.2 Å². The number of carbonyl (C=O) groups is 1. The molecule has 3 rings (SSSR count). The minimum Gasteiger partial charge on any atom is -0.312 e. The highest BCUT2D eigenvalue weighted by atomic mass is 16.2. The van der Waals surface area contributed by atoms with Crippen LogP contribution in [0.15, 0.2) is 46.2 Å². The fourth-order valence-electron chi connectivity index (χ4n) is 3.14. The van der Waals surface area contributed by atoms with Crippen LogP contribution in [-0.4, -0.2) is 31.1 Å². The minimum atomic E-state index is -0.755. The number of nitriles is 1. The minimum absolute atomic E-state index is 0.175. The summed E-state index contributed by atoms with van der Waals surface area (Å²) in [5.41, 5.74) is 0.0642. The Kier molecular flexibility index (Phi) is 5.13. The molecule has 1 amide bonds. The van der Waals surface area contributed by atoms with Gasteiger partial charge >= 0.3 is 5.69 Å². The van der Waals surface area contributed by atoms with Gasteiger partial charge in [-0.05, 0) is 19.1 Å². The average molecular weight is 380 g/mol. The normalized spacial score (nSPS) is 11.9. The van der Waals surface area contributed by atoms with Crippen molar-refractivity contribution in [2.75, 3.05) is 11.4 Å². The second-order valence-corrected chi connectivity index (χ2v) is 6.44. The highest BCUT2D eigenvalue weighted by molar-refractivity contribution is 5.96. The Balaban J connectivity index is 2.09. The molecule has 0 aliphatic heterocycles. The standard InChI is InChI=1S/C19H20N6O3/c1-13(17(26)24(11-7-10-20)14-8-5-4-6-9-14)25-12-21-16-15(25)18(27)23(3)19(28)22(16)2/h4-6,8-9,12-13H,7,11H2,1-3H3/t13-/m0/s1. The van der Waals surface area contributed by atoms with Crippen molar-refractivity contribution in [2.45, 2.75) is 19.4 Å². The Bertz CT molecular complexity index is 1180. The van der Waals surface area contributed by atoms with Crippen LogP contribution in [-0.2, 0) is 18.9 Å². The number of rotatable bonds is 5. The maximum atomic E-state index is 13.2. The summed E-state index contributed by atoms with van der Waals surface area (Å²) in [6, 6.07) is 10.3. The number of amides is 1. The summed E-state index contributed by atoms with van der Waals surface area (Å²) < 4.78 is 3.74. The molecule has 3 aromatic rings. The molecule has 1 aromatic carbocycles. The van der Waals surface area contributed by atoms with Crippen LogP contribution >= 0.6 is 0 Å². The molecule has 28 heavy (non-hydrogen) atoms. The van der Waals surface area contributed by atoms with Crippen molar-refractivity contribution >= 4 is 22.8 Å². The predicted octanol–water partition coefficient (Wildman–Crippen LogP) is 0.942. The molecule has 0 aliphatic carbocycles. The smallest absolute Gasteiger partial charge is 0.312 e. The van der Waals surface area contributed by atoms with Gasteiger partial charge in [0.05, 0.1) is 18.8 Å². The lowest BCUT2D eigenvalue weighted by Gasteiger charge is -2.26. The van der Waals surface area contributed by atoms with Crippen LogP contribution < -0.4 is 16.1 Å². The molecule has 144 valence electrons. The molecule has 0 aliphatic rings. The van der Waals surface area contributed by atoms with Gasteiger partial charge in [-0.1, -0.05) is 18.2 Å². The van der Waals surface area contributed by atoms with E-state index in [0.29, 0.717) is 5.69 Å². The van der Waals surface area contributed by atoms with Crippen LogP contribution in [0.4, 0.5) is 5.69 Å². The number of benzene rings is 1. The van der Waals surface area contributed by atoms with E-state index in [0.717, 1.165) is 4.57 Å². The maximum Gasteiger partial charge on any atom is 0.332 e. The third-order valence-electron chi connectivity index (χ3n) is 4.73. The maximum absolute atomic E-state index is 13.2. The number of hydrogen-bond donors (Lipinski definition) is 0. The van der Waals surface area contributed by atoms with Crippen molar-refractivity contribution in [3.05, 3.63) is 57.5 Å². The molecule has 0 saturated carbocycles. The fraction of sp³-hybridized carbons (Fsp3) is 0.316. The van der Waals surface area contributed by atoms with Gasteiger partial charge in [-0.15, -0.1) is 0 Å². The van der Waals surface area contributed by atoms with E-state index in [9.17, 15) is 14.4 Å². The van der Waals surface area contributed by atoms with Crippen molar-refractivity contribution in [3.63, 3.8) is 0 Å². The number of imidazole rings is 1. The molecule has 0 spiro atoms. The van der Waals surface area contributed by atoms with E-state index in [1.165, 1.54) is 34.5 Å². The molecule has 0 saturated heterocycles. The number of hydrogen-bond acceptors (Lipinski definition) is 5.